The molecule has 9 nitrogen and oxygen atoms in total. The normalized spacial score (nSPS) is 35.5. The summed E-state index contributed by atoms with van der Waals surface area (Å²) in [6, 6.07) is 8.76. The monoisotopic (exact) mass is 592 g/mol. The van der Waals surface area contributed by atoms with E-state index in [1.807, 2.05) is 11.8 Å². The van der Waals surface area contributed by atoms with Crippen LogP contribution in [0.5, 0.6) is 0 Å². The summed E-state index contributed by atoms with van der Waals surface area (Å²) in [6.45, 7) is 9.25. The van der Waals surface area contributed by atoms with Crippen molar-refractivity contribution in [2.45, 2.75) is 86.6 Å². The summed E-state index contributed by atoms with van der Waals surface area (Å²) in [4.78, 5) is 33.6. The lowest BCUT2D eigenvalue weighted by molar-refractivity contribution is -0.144. The minimum absolute atomic E-state index is 0.0709. The molecule has 4 heterocycles. The first kappa shape index (κ1) is 29.8. The van der Waals surface area contributed by atoms with Gasteiger partial charge in [0.05, 0.1) is 42.1 Å². The molecule has 226 valence electrons. The van der Waals surface area contributed by atoms with Gasteiger partial charge in [0.1, 0.15) is 0 Å². The Balaban J connectivity index is 1.24. The number of ether oxygens (including phenoxy) is 1. The van der Waals surface area contributed by atoms with Crippen LogP contribution in [0.3, 0.4) is 0 Å². The molecule has 0 radical (unpaired) electrons. The van der Waals surface area contributed by atoms with E-state index in [2.05, 4.69) is 65.3 Å². The van der Waals surface area contributed by atoms with Crippen LogP contribution in [0.4, 0.5) is 0 Å². The van der Waals surface area contributed by atoms with Crippen molar-refractivity contribution in [3.8, 4) is 6.07 Å². The Kier molecular flexibility index (Phi) is 8.79. The van der Waals surface area contributed by atoms with E-state index in [0.717, 1.165) is 38.0 Å². The Hall–Kier alpha value is -2.26. The maximum atomic E-state index is 14.5. The maximum absolute atomic E-state index is 14.5. The lowest BCUT2D eigenvalue weighted by Crippen LogP contribution is -2.75. The predicted octanol–water partition coefficient (Wildman–Crippen LogP) is 2.40. The van der Waals surface area contributed by atoms with E-state index in [-0.39, 0.29) is 36.5 Å². The molecule has 0 aromatic heterocycles. The number of benzene rings is 1. The number of likely N-dealkylation sites (tertiary alicyclic amines) is 1. The van der Waals surface area contributed by atoms with E-state index >= 15 is 0 Å². The van der Waals surface area contributed by atoms with E-state index in [1.165, 1.54) is 29.2 Å². The topological polar surface area (TPSA) is 101 Å². The largest absolute Gasteiger partial charge is 0.348 e. The Morgan fingerprint density at radius 1 is 1.24 bits per heavy atom. The van der Waals surface area contributed by atoms with E-state index in [1.54, 1.807) is 4.90 Å². The van der Waals surface area contributed by atoms with Crippen LogP contribution < -0.4 is 10.6 Å². The highest BCUT2D eigenvalue weighted by molar-refractivity contribution is 8.00. The third-order valence-corrected chi connectivity index (χ3v) is 11.8. The van der Waals surface area contributed by atoms with Crippen LogP contribution in [0, 0.1) is 24.2 Å². The number of fused-ring (bicyclic) bond motifs is 2. The molecule has 1 saturated carbocycles. The second-order valence-electron chi connectivity index (χ2n) is 12.8. The summed E-state index contributed by atoms with van der Waals surface area (Å²) in [5.41, 5.74) is 3.92. The number of nitriles is 1. The number of carbonyl (C=O) groups is 2. The first-order chi connectivity index (χ1) is 20.3. The SMILES string of the molecule is C=CC(=O)N1CCN(C2NC(OCC3CCCN3C)NC3C(=O)[C@@]4(CCC32)Cc2ccc(C)cc2CS4)CC1CC#N. The number of nitrogens with one attached hydrogen (secondary N) is 2. The maximum Gasteiger partial charge on any atom is 0.246 e. The van der Waals surface area contributed by atoms with Gasteiger partial charge in [-0.25, -0.2) is 0 Å². The minimum atomic E-state index is -0.449. The molecule has 3 saturated heterocycles. The molecule has 0 bridgehead atoms. The summed E-state index contributed by atoms with van der Waals surface area (Å²) in [6.07, 6.45) is 5.90. The van der Waals surface area contributed by atoms with Crippen molar-refractivity contribution < 1.29 is 14.3 Å². The Labute approximate surface area is 254 Å². The molecule has 5 aliphatic rings. The number of piperazine rings is 1. The summed E-state index contributed by atoms with van der Waals surface area (Å²) < 4.78 is 6.05. The zero-order valence-corrected chi connectivity index (χ0v) is 25.7. The Morgan fingerprint density at radius 2 is 2.10 bits per heavy atom. The van der Waals surface area contributed by atoms with Crippen molar-refractivity contribution >= 4 is 23.5 Å². The van der Waals surface area contributed by atoms with Gasteiger partial charge in [0.15, 0.2) is 12.1 Å². The zero-order chi connectivity index (χ0) is 29.4. The molecular weight excluding hydrogens is 548 g/mol. The van der Waals surface area contributed by atoms with Gasteiger partial charge in [0, 0.05) is 37.3 Å². The molecule has 6 rings (SSSR count). The van der Waals surface area contributed by atoms with Crippen LogP contribution in [-0.2, 0) is 26.5 Å². The van der Waals surface area contributed by atoms with Gasteiger partial charge in [-0.3, -0.25) is 25.1 Å². The molecule has 42 heavy (non-hydrogen) atoms. The molecule has 10 heteroatoms. The molecular formula is C32H44N6O3S. The van der Waals surface area contributed by atoms with Crippen molar-refractivity contribution in [2.75, 3.05) is 39.8 Å². The number of hydrogen-bond acceptors (Lipinski definition) is 9. The van der Waals surface area contributed by atoms with Gasteiger partial charge >= 0.3 is 0 Å². The van der Waals surface area contributed by atoms with Crippen LogP contribution in [0.1, 0.15) is 48.8 Å². The minimum Gasteiger partial charge on any atom is -0.348 e. The van der Waals surface area contributed by atoms with Crippen molar-refractivity contribution in [1.29, 1.82) is 5.26 Å². The summed E-state index contributed by atoms with van der Waals surface area (Å²) in [5.74, 6) is 1.10. The summed E-state index contributed by atoms with van der Waals surface area (Å²) in [7, 11) is 2.15. The number of amides is 1. The average Bonchev–Trinajstić information content (AvgIpc) is 3.42. The fourth-order valence-electron chi connectivity index (χ4n) is 7.84. The third kappa shape index (κ3) is 5.68. The van der Waals surface area contributed by atoms with Crippen molar-refractivity contribution in [1.82, 2.24) is 25.3 Å². The number of rotatable bonds is 6. The summed E-state index contributed by atoms with van der Waals surface area (Å²) >= 11 is 1.83. The highest BCUT2D eigenvalue weighted by atomic mass is 32.2. The predicted molar refractivity (Wildman–Crippen MR) is 163 cm³/mol. The quantitative estimate of drug-likeness (QED) is 0.483. The molecule has 4 aliphatic heterocycles. The van der Waals surface area contributed by atoms with E-state index < -0.39 is 11.1 Å². The second kappa shape index (κ2) is 12.4. The summed E-state index contributed by atoms with van der Waals surface area (Å²) in [5, 5.41) is 16.9. The first-order valence-corrected chi connectivity index (χ1v) is 16.4. The molecule has 1 spiro atoms. The molecule has 7 atom stereocenters. The first-order valence-electron chi connectivity index (χ1n) is 15.5. The number of thioether (sulfide) groups is 1. The van der Waals surface area contributed by atoms with Crippen molar-refractivity contribution in [3.05, 3.63) is 47.5 Å². The third-order valence-electron chi connectivity index (χ3n) is 10.3. The fraction of sp³-hybridized carbons (Fsp3) is 0.656. The van der Waals surface area contributed by atoms with Crippen LogP contribution in [0.25, 0.3) is 0 Å². The standard InChI is InChI=1S/C32H44N6O3S/c1-4-27(39)38-15-14-37(18-24(38)10-12-33)30-26-9-11-32(17-22-8-7-21(2)16-23(22)20-42-32)29(40)28(26)34-31(35-30)41-19-25-6-5-13-36(25)3/h4,7-8,16,24-26,28,30-31,34-35H,1,5-6,9-11,13-15,17-20H2,2-3H3/t24?,25?,26?,28?,30?,31?,32-/m1/s1. The van der Waals surface area contributed by atoms with Gasteiger partial charge in [-0.05, 0) is 69.8 Å². The Bertz CT molecular complexity index is 1250. The van der Waals surface area contributed by atoms with Crippen molar-refractivity contribution in [2.24, 2.45) is 5.92 Å². The lowest BCUT2D eigenvalue weighted by atomic mass is 9.71. The second-order valence-corrected chi connectivity index (χ2v) is 14.2. The van der Waals surface area contributed by atoms with E-state index in [4.69, 9.17) is 4.74 Å². The number of Topliss-reactive ketones (excluding diaryl/α,β-unsaturated/α-hetero) is 1. The number of aryl methyl sites for hydroxylation is 1. The molecule has 2 N–H and O–H groups in total. The van der Waals surface area contributed by atoms with Crippen LogP contribution in [0.2, 0.25) is 0 Å². The highest BCUT2D eigenvalue weighted by Crippen LogP contribution is 2.48. The van der Waals surface area contributed by atoms with E-state index in [9.17, 15) is 14.9 Å². The molecule has 4 fully saturated rings. The number of nitrogens with zero attached hydrogens (tertiary/aromatic N) is 4. The van der Waals surface area contributed by atoms with Gasteiger partial charge in [-0.2, -0.15) is 5.26 Å². The zero-order valence-electron chi connectivity index (χ0n) is 24.9. The lowest BCUT2D eigenvalue weighted by Gasteiger charge is -2.55. The number of ketones is 1. The average molecular weight is 593 g/mol. The van der Waals surface area contributed by atoms with Gasteiger partial charge in [0.2, 0.25) is 5.91 Å². The smallest absolute Gasteiger partial charge is 0.246 e. The molecule has 1 amide bonds. The van der Waals surface area contributed by atoms with Crippen LogP contribution >= 0.6 is 11.8 Å². The van der Waals surface area contributed by atoms with E-state index in [0.29, 0.717) is 38.1 Å². The highest BCUT2D eigenvalue weighted by Gasteiger charge is 2.55. The molecule has 1 aromatic carbocycles. The van der Waals surface area contributed by atoms with Crippen LogP contribution in [0.15, 0.2) is 30.9 Å². The number of carbonyl (C=O) groups excluding carboxylic acids is 2. The number of likely N-dealkylation sites (N-methyl/N-ethyl adjacent to an activating group) is 1. The van der Waals surface area contributed by atoms with Gasteiger partial charge < -0.3 is 14.5 Å². The van der Waals surface area contributed by atoms with Gasteiger partial charge in [-0.1, -0.05) is 30.3 Å². The molecule has 1 aromatic rings. The fourth-order valence-corrected chi connectivity index (χ4v) is 9.33. The van der Waals surface area contributed by atoms with Gasteiger partial charge in [-0.15, -0.1) is 11.8 Å². The number of hydrogen-bond donors (Lipinski definition) is 2. The molecule has 6 unspecified atom stereocenters. The Morgan fingerprint density at radius 3 is 2.86 bits per heavy atom. The molecule has 1 aliphatic carbocycles. The van der Waals surface area contributed by atoms with Crippen molar-refractivity contribution in [3.63, 3.8) is 0 Å². The van der Waals surface area contributed by atoms with Crippen LogP contribution in [-0.4, -0.2) is 102 Å². The van der Waals surface area contributed by atoms with Gasteiger partial charge in [0.25, 0.3) is 0 Å².